The van der Waals surface area contributed by atoms with Crippen molar-refractivity contribution < 1.29 is 19.1 Å². The molecule has 1 aliphatic heterocycles. The largest absolute Gasteiger partial charge is 0.394 e. The van der Waals surface area contributed by atoms with Gasteiger partial charge in [-0.05, 0) is 36.4 Å². The summed E-state index contributed by atoms with van der Waals surface area (Å²) in [6.07, 6.45) is 2.97. The summed E-state index contributed by atoms with van der Waals surface area (Å²) >= 11 is 0. The van der Waals surface area contributed by atoms with Gasteiger partial charge in [0.1, 0.15) is 11.9 Å². The number of pyridine rings is 1. The molecule has 1 saturated heterocycles. The lowest BCUT2D eigenvalue weighted by atomic mass is 10.2. The molecule has 0 bridgehead atoms. The van der Waals surface area contributed by atoms with Gasteiger partial charge in [0.15, 0.2) is 0 Å². The van der Waals surface area contributed by atoms with Crippen LogP contribution in [0.5, 0.6) is 0 Å². The quantitative estimate of drug-likeness (QED) is 0.805. The van der Waals surface area contributed by atoms with Gasteiger partial charge in [-0.2, -0.15) is 0 Å². The van der Waals surface area contributed by atoms with E-state index in [-0.39, 0.29) is 11.7 Å². The molecule has 8 heteroatoms. The van der Waals surface area contributed by atoms with Gasteiger partial charge in [0, 0.05) is 49.8 Å². The molecular formula is C19H21FN4O3. The fourth-order valence-electron chi connectivity index (χ4n) is 2.99. The molecule has 0 aliphatic carbocycles. The molecule has 27 heavy (non-hydrogen) atoms. The van der Waals surface area contributed by atoms with Crippen LogP contribution in [0, 0.1) is 5.82 Å². The highest BCUT2D eigenvalue weighted by Crippen LogP contribution is 2.17. The number of anilines is 1. The van der Waals surface area contributed by atoms with Gasteiger partial charge in [-0.25, -0.2) is 4.39 Å². The highest BCUT2D eigenvalue weighted by Gasteiger charge is 2.28. The maximum atomic E-state index is 13.0. The average Bonchev–Trinajstić information content (AvgIpc) is 2.72. The Bertz CT molecular complexity index is 777. The van der Waals surface area contributed by atoms with Gasteiger partial charge in [-0.3, -0.25) is 14.6 Å². The lowest BCUT2D eigenvalue weighted by molar-refractivity contribution is -0.134. The number of carbonyl (C=O) groups excluding carboxylic acids is 2. The van der Waals surface area contributed by atoms with E-state index in [0.29, 0.717) is 31.7 Å². The molecule has 2 aromatic rings. The van der Waals surface area contributed by atoms with Gasteiger partial charge in [-0.15, -0.1) is 0 Å². The van der Waals surface area contributed by atoms with Crippen LogP contribution >= 0.6 is 0 Å². The third-order valence-electron chi connectivity index (χ3n) is 4.51. The second-order valence-electron chi connectivity index (χ2n) is 6.23. The van der Waals surface area contributed by atoms with Crippen LogP contribution < -0.4 is 10.2 Å². The highest BCUT2D eigenvalue weighted by atomic mass is 19.1. The molecule has 7 nitrogen and oxygen atoms in total. The van der Waals surface area contributed by atoms with Crippen LogP contribution in [0.25, 0.3) is 0 Å². The van der Waals surface area contributed by atoms with E-state index in [4.69, 9.17) is 0 Å². The number of nitrogens with one attached hydrogen (secondary N) is 1. The fourth-order valence-corrected chi connectivity index (χ4v) is 2.99. The predicted octanol–water partition coefficient (Wildman–Crippen LogP) is 0.660. The Balaban J connectivity index is 1.57. The molecule has 2 N–H and O–H groups in total. The highest BCUT2D eigenvalue weighted by molar-refractivity contribution is 5.97. The summed E-state index contributed by atoms with van der Waals surface area (Å²) in [5.41, 5.74) is 1.27. The number of aromatic nitrogens is 1. The first kappa shape index (κ1) is 18.8. The molecule has 2 amide bonds. The molecule has 1 aliphatic rings. The van der Waals surface area contributed by atoms with Crippen molar-refractivity contribution in [2.24, 2.45) is 0 Å². The van der Waals surface area contributed by atoms with Gasteiger partial charge in [0.05, 0.1) is 6.61 Å². The van der Waals surface area contributed by atoms with E-state index in [0.717, 1.165) is 5.69 Å². The smallest absolute Gasteiger partial charge is 0.252 e. The Kier molecular flexibility index (Phi) is 5.97. The number of aliphatic hydroxyl groups is 1. The van der Waals surface area contributed by atoms with Crippen LogP contribution in [0.3, 0.4) is 0 Å². The lowest BCUT2D eigenvalue weighted by Gasteiger charge is -2.37. The zero-order chi connectivity index (χ0) is 19.2. The molecule has 142 valence electrons. The Labute approximate surface area is 156 Å². The van der Waals surface area contributed by atoms with Crippen LogP contribution in [-0.4, -0.2) is 65.6 Å². The molecule has 0 radical (unpaired) electrons. The minimum atomic E-state index is -0.997. The first-order valence-electron chi connectivity index (χ1n) is 8.69. The second kappa shape index (κ2) is 8.59. The number of nitrogens with zero attached hydrogens (tertiary/aromatic N) is 3. The average molecular weight is 372 g/mol. The molecule has 1 atom stereocenters. The molecule has 0 spiro atoms. The summed E-state index contributed by atoms with van der Waals surface area (Å²) in [6, 6.07) is 8.30. The van der Waals surface area contributed by atoms with Gasteiger partial charge in [-0.1, -0.05) is 0 Å². The van der Waals surface area contributed by atoms with E-state index >= 15 is 0 Å². The van der Waals surface area contributed by atoms with Crippen molar-refractivity contribution in [3.8, 4) is 0 Å². The van der Waals surface area contributed by atoms with Crippen LogP contribution in [0.2, 0.25) is 0 Å². The topological polar surface area (TPSA) is 85.8 Å². The number of aliphatic hydroxyl groups excluding tert-OH is 1. The molecule has 2 heterocycles. The summed E-state index contributed by atoms with van der Waals surface area (Å²) in [5.74, 6) is -1.04. The molecule has 1 aromatic heterocycles. The van der Waals surface area contributed by atoms with Crippen molar-refractivity contribution in [3.05, 3.63) is 60.2 Å². The van der Waals surface area contributed by atoms with Crippen molar-refractivity contribution in [2.75, 3.05) is 37.7 Å². The Hall–Kier alpha value is -3.00. The van der Waals surface area contributed by atoms with Crippen molar-refractivity contribution in [1.29, 1.82) is 0 Å². The maximum Gasteiger partial charge on any atom is 0.252 e. The minimum absolute atomic E-state index is 0.289. The Morgan fingerprint density at radius 3 is 2.30 bits per heavy atom. The minimum Gasteiger partial charge on any atom is -0.394 e. The first-order valence-corrected chi connectivity index (χ1v) is 8.69. The van der Waals surface area contributed by atoms with E-state index < -0.39 is 18.6 Å². The van der Waals surface area contributed by atoms with Gasteiger partial charge >= 0.3 is 0 Å². The Morgan fingerprint density at radius 2 is 1.70 bits per heavy atom. The maximum absolute atomic E-state index is 13.0. The van der Waals surface area contributed by atoms with Gasteiger partial charge < -0.3 is 20.2 Å². The van der Waals surface area contributed by atoms with Crippen LogP contribution in [0.4, 0.5) is 10.1 Å². The summed E-state index contributed by atoms with van der Waals surface area (Å²) in [6.45, 7) is 1.62. The van der Waals surface area contributed by atoms with Crippen molar-refractivity contribution >= 4 is 17.5 Å². The Morgan fingerprint density at radius 1 is 1.07 bits per heavy atom. The van der Waals surface area contributed by atoms with Gasteiger partial charge in [0.2, 0.25) is 5.91 Å². The zero-order valence-electron chi connectivity index (χ0n) is 14.7. The third-order valence-corrected chi connectivity index (χ3v) is 4.51. The van der Waals surface area contributed by atoms with Crippen LogP contribution in [-0.2, 0) is 4.79 Å². The van der Waals surface area contributed by atoms with Crippen molar-refractivity contribution in [1.82, 2.24) is 15.2 Å². The summed E-state index contributed by atoms with van der Waals surface area (Å²) in [5, 5.41) is 12.1. The van der Waals surface area contributed by atoms with Crippen LogP contribution in [0.15, 0.2) is 48.8 Å². The number of amides is 2. The normalized spacial score (nSPS) is 15.3. The molecule has 3 rings (SSSR count). The molecule has 1 fully saturated rings. The third kappa shape index (κ3) is 4.59. The summed E-state index contributed by atoms with van der Waals surface area (Å²) in [7, 11) is 0. The number of benzene rings is 1. The van der Waals surface area contributed by atoms with E-state index in [9.17, 15) is 19.1 Å². The predicted molar refractivity (Wildman–Crippen MR) is 97.8 cm³/mol. The molecule has 1 aromatic carbocycles. The number of piperazine rings is 1. The second-order valence-corrected chi connectivity index (χ2v) is 6.23. The number of halogens is 1. The summed E-state index contributed by atoms with van der Waals surface area (Å²) < 4.78 is 13.0. The number of hydrogen-bond donors (Lipinski definition) is 2. The fraction of sp³-hybridized carbons (Fsp3) is 0.316. The van der Waals surface area contributed by atoms with Gasteiger partial charge in [0.25, 0.3) is 5.91 Å². The molecule has 1 unspecified atom stereocenters. The number of hydrogen-bond acceptors (Lipinski definition) is 5. The van der Waals surface area contributed by atoms with E-state index in [1.807, 2.05) is 0 Å². The lowest BCUT2D eigenvalue weighted by Crippen LogP contribution is -2.56. The van der Waals surface area contributed by atoms with E-state index in [2.05, 4.69) is 15.2 Å². The van der Waals surface area contributed by atoms with Crippen LogP contribution in [0.1, 0.15) is 10.4 Å². The van der Waals surface area contributed by atoms with Crippen molar-refractivity contribution in [3.63, 3.8) is 0 Å². The van der Waals surface area contributed by atoms with Crippen molar-refractivity contribution in [2.45, 2.75) is 6.04 Å². The zero-order valence-corrected chi connectivity index (χ0v) is 14.7. The van der Waals surface area contributed by atoms with E-state index in [1.54, 1.807) is 17.0 Å². The molecule has 0 saturated carbocycles. The molecular weight excluding hydrogens is 351 g/mol. The SMILES string of the molecule is O=C(NC(CO)C(=O)N1CCN(c2ccc(F)cc2)CC1)c1ccncc1. The number of rotatable bonds is 5. The summed E-state index contributed by atoms with van der Waals surface area (Å²) in [4.78, 5) is 32.4. The van der Waals surface area contributed by atoms with E-state index in [1.165, 1.54) is 36.7 Å². The monoisotopic (exact) mass is 372 g/mol. The standard InChI is InChI=1S/C19H21FN4O3/c20-15-1-3-16(4-2-15)23-9-11-24(12-10-23)19(27)17(13-25)22-18(26)14-5-7-21-8-6-14/h1-8,17,25H,9-13H2,(H,22,26). The first-order chi connectivity index (χ1) is 13.1. The number of carbonyl (C=O) groups is 2.